The van der Waals surface area contributed by atoms with Gasteiger partial charge >= 0.3 is 0 Å². The van der Waals surface area contributed by atoms with Crippen molar-refractivity contribution in [2.45, 2.75) is 10.3 Å². The fourth-order valence-corrected chi connectivity index (χ4v) is 2.38. The number of nitrogens with one attached hydrogen (secondary N) is 1. The fourth-order valence-electron chi connectivity index (χ4n) is 1.55. The number of anilines is 1. The van der Waals surface area contributed by atoms with E-state index < -0.39 is 5.44 Å². The summed E-state index contributed by atoms with van der Waals surface area (Å²) in [6.07, 6.45) is 0. The molecule has 0 heterocycles. The minimum absolute atomic E-state index is 0.164. The van der Waals surface area contributed by atoms with E-state index in [9.17, 15) is 4.79 Å². The molecule has 0 bridgehead atoms. The number of para-hydroxylation sites is 1. The molecule has 2 aromatic rings. The van der Waals surface area contributed by atoms with E-state index in [0.717, 1.165) is 10.6 Å². The van der Waals surface area contributed by atoms with Crippen LogP contribution in [0.2, 0.25) is 0 Å². The Morgan fingerprint density at radius 2 is 1.63 bits per heavy atom. The normalized spacial score (nSPS) is 11.8. The second-order valence-electron chi connectivity index (χ2n) is 3.85. The largest absolute Gasteiger partial charge is 0.360 e. The summed E-state index contributed by atoms with van der Waals surface area (Å²) < 4.78 is 5.24. The number of methoxy groups -OCH3 is 1. The highest BCUT2D eigenvalue weighted by Crippen LogP contribution is 2.24. The third kappa shape index (κ3) is 4.12. The molecule has 98 valence electrons. The van der Waals surface area contributed by atoms with Crippen molar-refractivity contribution in [2.75, 3.05) is 12.4 Å². The van der Waals surface area contributed by atoms with Crippen molar-refractivity contribution in [3.63, 3.8) is 0 Å². The van der Waals surface area contributed by atoms with Crippen LogP contribution in [0, 0.1) is 0 Å². The number of thioether (sulfide) groups is 1. The van der Waals surface area contributed by atoms with Crippen LogP contribution in [0.15, 0.2) is 65.6 Å². The highest BCUT2D eigenvalue weighted by atomic mass is 32.2. The summed E-state index contributed by atoms with van der Waals surface area (Å²) >= 11 is 1.38. The molecule has 2 aromatic carbocycles. The van der Waals surface area contributed by atoms with Gasteiger partial charge in [0.05, 0.1) is 0 Å². The first-order valence-corrected chi connectivity index (χ1v) is 6.78. The molecule has 4 heteroatoms. The maximum Gasteiger partial charge on any atom is 0.264 e. The van der Waals surface area contributed by atoms with Crippen LogP contribution in [-0.4, -0.2) is 18.5 Å². The summed E-state index contributed by atoms with van der Waals surface area (Å²) in [4.78, 5) is 13.1. The molecule has 0 radical (unpaired) electrons. The van der Waals surface area contributed by atoms with Gasteiger partial charge in [-0.1, -0.05) is 48.2 Å². The van der Waals surface area contributed by atoms with Crippen molar-refractivity contribution in [1.29, 1.82) is 0 Å². The Balaban J connectivity index is 2.00. The third-order valence-corrected chi connectivity index (χ3v) is 3.62. The minimum Gasteiger partial charge on any atom is -0.360 e. The Hall–Kier alpha value is -1.78. The minimum atomic E-state index is -0.567. The molecule has 1 amide bonds. The number of benzene rings is 2. The number of amides is 1. The smallest absolute Gasteiger partial charge is 0.264 e. The molecule has 0 fully saturated rings. The van der Waals surface area contributed by atoms with Crippen LogP contribution in [0.5, 0.6) is 0 Å². The van der Waals surface area contributed by atoms with Crippen molar-refractivity contribution >= 4 is 23.4 Å². The lowest BCUT2D eigenvalue weighted by Crippen LogP contribution is -2.26. The van der Waals surface area contributed by atoms with E-state index in [4.69, 9.17) is 4.74 Å². The molecule has 2 rings (SSSR count). The van der Waals surface area contributed by atoms with Gasteiger partial charge in [0.1, 0.15) is 0 Å². The summed E-state index contributed by atoms with van der Waals surface area (Å²) in [6.45, 7) is 0. The Labute approximate surface area is 117 Å². The average molecular weight is 273 g/mol. The molecule has 0 spiro atoms. The Bertz CT molecular complexity index is 516. The number of carbonyl (C=O) groups excluding carboxylic acids is 1. The molecule has 1 atom stereocenters. The van der Waals surface area contributed by atoms with Crippen LogP contribution < -0.4 is 5.32 Å². The SMILES string of the molecule is COC(Sc1ccccc1)C(=O)Nc1ccccc1. The van der Waals surface area contributed by atoms with Gasteiger partial charge in [0, 0.05) is 17.7 Å². The molecule has 19 heavy (non-hydrogen) atoms. The van der Waals surface area contributed by atoms with Gasteiger partial charge in [0.15, 0.2) is 5.44 Å². The van der Waals surface area contributed by atoms with Gasteiger partial charge < -0.3 is 10.1 Å². The number of carbonyl (C=O) groups is 1. The molecule has 0 aliphatic carbocycles. The Morgan fingerprint density at radius 3 is 2.21 bits per heavy atom. The topological polar surface area (TPSA) is 38.3 Å². The second kappa shape index (κ2) is 6.97. The quantitative estimate of drug-likeness (QED) is 0.670. The Kier molecular flexibility index (Phi) is 5.01. The summed E-state index contributed by atoms with van der Waals surface area (Å²) in [5.41, 5.74) is 0.200. The van der Waals surface area contributed by atoms with E-state index >= 15 is 0 Å². The maximum absolute atomic E-state index is 12.1. The van der Waals surface area contributed by atoms with E-state index in [2.05, 4.69) is 5.32 Å². The third-order valence-electron chi connectivity index (χ3n) is 2.46. The van der Waals surface area contributed by atoms with E-state index in [-0.39, 0.29) is 5.91 Å². The zero-order chi connectivity index (χ0) is 13.5. The molecule has 0 saturated heterocycles. The molecular weight excluding hydrogens is 258 g/mol. The lowest BCUT2D eigenvalue weighted by molar-refractivity contribution is -0.121. The lowest BCUT2D eigenvalue weighted by atomic mass is 10.3. The van der Waals surface area contributed by atoms with Crippen LogP contribution in [0.4, 0.5) is 5.69 Å². The van der Waals surface area contributed by atoms with Crippen LogP contribution in [0.25, 0.3) is 0 Å². The van der Waals surface area contributed by atoms with Crippen LogP contribution in [0.1, 0.15) is 0 Å². The molecule has 3 nitrogen and oxygen atoms in total. The zero-order valence-electron chi connectivity index (χ0n) is 10.6. The van der Waals surface area contributed by atoms with E-state index in [1.807, 2.05) is 60.7 Å². The highest BCUT2D eigenvalue weighted by Gasteiger charge is 2.19. The monoisotopic (exact) mass is 273 g/mol. The zero-order valence-corrected chi connectivity index (χ0v) is 11.4. The first-order chi connectivity index (χ1) is 9.29. The predicted octanol–water partition coefficient (Wildman–Crippen LogP) is 3.39. The second-order valence-corrected chi connectivity index (χ2v) is 4.99. The van der Waals surface area contributed by atoms with Crippen molar-refractivity contribution < 1.29 is 9.53 Å². The van der Waals surface area contributed by atoms with Gasteiger partial charge in [-0.3, -0.25) is 4.79 Å². The molecule has 0 aromatic heterocycles. The van der Waals surface area contributed by atoms with Crippen LogP contribution in [-0.2, 0) is 9.53 Å². The predicted molar refractivity (Wildman–Crippen MR) is 78.2 cm³/mol. The van der Waals surface area contributed by atoms with Crippen LogP contribution in [0.3, 0.4) is 0 Å². The number of hydrogen-bond donors (Lipinski definition) is 1. The lowest BCUT2D eigenvalue weighted by Gasteiger charge is -2.14. The first-order valence-electron chi connectivity index (χ1n) is 5.90. The fraction of sp³-hybridized carbons (Fsp3) is 0.133. The van der Waals surface area contributed by atoms with Gasteiger partial charge in [-0.2, -0.15) is 0 Å². The first kappa shape index (κ1) is 13.6. The highest BCUT2D eigenvalue weighted by molar-refractivity contribution is 8.00. The molecular formula is C15H15NO2S. The number of hydrogen-bond acceptors (Lipinski definition) is 3. The van der Waals surface area contributed by atoms with Gasteiger partial charge in [0.25, 0.3) is 5.91 Å². The van der Waals surface area contributed by atoms with Crippen molar-refractivity contribution in [2.24, 2.45) is 0 Å². The van der Waals surface area contributed by atoms with Gasteiger partial charge in [-0.05, 0) is 24.3 Å². The van der Waals surface area contributed by atoms with E-state index in [1.165, 1.54) is 18.9 Å². The molecule has 0 saturated carbocycles. The molecule has 0 aliphatic heterocycles. The van der Waals surface area contributed by atoms with Gasteiger partial charge in [-0.15, -0.1) is 0 Å². The van der Waals surface area contributed by atoms with Crippen molar-refractivity contribution in [1.82, 2.24) is 0 Å². The van der Waals surface area contributed by atoms with Crippen molar-refractivity contribution in [3.8, 4) is 0 Å². The van der Waals surface area contributed by atoms with E-state index in [0.29, 0.717) is 0 Å². The molecule has 1 N–H and O–H groups in total. The molecule has 0 aliphatic rings. The van der Waals surface area contributed by atoms with Crippen LogP contribution >= 0.6 is 11.8 Å². The standard InChI is InChI=1S/C15H15NO2S/c1-18-15(19-13-10-6-3-7-11-13)14(17)16-12-8-4-2-5-9-12/h2-11,15H,1H3,(H,16,17). The van der Waals surface area contributed by atoms with E-state index in [1.54, 1.807) is 0 Å². The summed E-state index contributed by atoms with van der Waals surface area (Å²) in [5.74, 6) is -0.164. The average Bonchev–Trinajstić information content (AvgIpc) is 2.47. The summed E-state index contributed by atoms with van der Waals surface area (Å²) in [6, 6.07) is 19.1. The number of ether oxygens (including phenoxy) is 1. The summed E-state index contributed by atoms with van der Waals surface area (Å²) in [7, 11) is 1.53. The summed E-state index contributed by atoms with van der Waals surface area (Å²) in [5, 5.41) is 2.83. The van der Waals surface area contributed by atoms with Gasteiger partial charge in [-0.25, -0.2) is 0 Å². The molecule has 1 unspecified atom stereocenters. The van der Waals surface area contributed by atoms with Crippen molar-refractivity contribution in [3.05, 3.63) is 60.7 Å². The number of rotatable bonds is 5. The van der Waals surface area contributed by atoms with Gasteiger partial charge in [0.2, 0.25) is 0 Å². The maximum atomic E-state index is 12.1. The Morgan fingerprint density at radius 1 is 1.05 bits per heavy atom.